The number of thioether (sulfide) groups is 1. The summed E-state index contributed by atoms with van der Waals surface area (Å²) in [5.74, 6) is -0.232. The largest absolute Gasteiger partial charge is 0.480 e. The molecule has 1 unspecified atom stereocenters. The molecule has 0 aromatic rings. The number of carboxylic acids is 1. The molecule has 0 aromatic carbocycles. The molecule has 0 aromatic heterocycles. The van der Waals surface area contributed by atoms with Crippen molar-refractivity contribution in [2.45, 2.75) is 6.04 Å². The number of ether oxygens (including phenoxy) is 1. The maximum absolute atomic E-state index is 11.9. The minimum absolute atomic E-state index is 0.134. The molecule has 0 saturated carbocycles. The summed E-state index contributed by atoms with van der Waals surface area (Å²) in [6, 6.07) is -0.992. The maximum atomic E-state index is 11.9. The molecule has 0 amide bonds. The number of carbonyl (C=O) groups is 1. The highest BCUT2D eigenvalue weighted by Crippen LogP contribution is 2.19. The van der Waals surface area contributed by atoms with Gasteiger partial charge in [-0.2, -0.15) is 29.2 Å². The number of hydrogen-bond acceptors (Lipinski definition) is 5. The maximum Gasteiger partial charge on any atom is 0.322 e. The number of aliphatic carboxylic acids is 1. The van der Waals surface area contributed by atoms with Crippen molar-refractivity contribution in [3.05, 3.63) is 0 Å². The van der Waals surface area contributed by atoms with Gasteiger partial charge in [0.05, 0.1) is 6.61 Å². The standard InChI is InChI=1S/C8H16N2O5S2/c1-15-4-2-9-17(13,14)10-3-5-16-6-7(10)8(11)12/h7,9H,2-6H2,1H3,(H,11,12). The fraction of sp³-hybridized carbons (Fsp3) is 0.875. The van der Waals surface area contributed by atoms with Crippen molar-refractivity contribution in [3.63, 3.8) is 0 Å². The van der Waals surface area contributed by atoms with E-state index in [1.165, 1.54) is 18.9 Å². The molecule has 1 saturated heterocycles. The smallest absolute Gasteiger partial charge is 0.322 e. The Labute approximate surface area is 105 Å². The molecule has 1 heterocycles. The Kier molecular flexibility index (Phi) is 5.67. The highest BCUT2D eigenvalue weighted by atomic mass is 32.2. The lowest BCUT2D eigenvalue weighted by Crippen LogP contribution is -2.54. The predicted molar refractivity (Wildman–Crippen MR) is 64.3 cm³/mol. The van der Waals surface area contributed by atoms with Crippen LogP contribution in [-0.2, 0) is 19.7 Å². The highest BCUT2D eigenvalue weighted by Gasteiger charge is 2.36. The molecule has 1 fully saturated rings. The highest BCUT2D eigenvalue weighted by molar-refractivity contribution is 7.99. The molecule has 1 aliphatic rings. The van der Waals surface area contributed by atoms with Crippen molar-refractivity contribution in [1.29, 1.82) is 0 Å². The molecule has 1 rings (SSSR count). The van der Waals surface area contributed by atoms with Crippen molar-refractivity contribution in [2.75, 3.05) is 38.3 Å². The van der Waals surface area contributed by atoms with Gasteiger partial charge in [-0.25, -0.2) is 0 Å². The van der Waals surface area contributed by atoms with Crippen molar-refractivity contribution in [3.8, 4) is 0 Å². The van der Waals surface area contributed by atoms with Crippen LogP contribution in [0.3, 0.4) is 0 Å². The van der Waals surface area contributed by atoms with Gasteiger partial charge in [0.15, 0.2) is 0 Å². The summed E-state index contributed by atoms with van der Waals surface area (Å²) in [4.78, 5) is 11.0. The van der Waals surface area contributed by atoms with Gasteiger partial charge in [0.25, 0.3) is 10.2 Å². The monoisotopic (exact) mass is 284 g/mol. The fourth-order valence-corrected chi connectivity index (χ4v) is 4.01. The Morgan fingerprint density at radius 2 is 2.35 bits per heavy atom. The third kappa shape index (κ3) is 4.11. The van der Waals surface area contributed by atoms with E-state index in [-0.39, 0.29) is 25.4 Å². The molecule has 9 heteroatoms. The number of rotatable bonds is 6. The van der Waals surface area contributed by atoms with E-state index in [1.807, 2.05) is 0 Å². The van der Waals surface area contributed by atoms with Crippen LogP contribution >= 0.6 is 11.8 Å². The van der Waals surface area contributed by atoms with Crippen molar-refractivity contribution in [2.24, 2.45) is 0 Å². The van der Waals surface area contributed by atoms with Crippen molar-refractivity contribution < 1.29 is 23.1 Å². The van der Waals surface area contributed by atoms with Crippen LogP contribution in [0.2, 0.25) is 0 Å². The van der Waals surface area contributed by atoms with Gasteiger partial charge in [0, 0.05) is 31.7 Å². The zero-order valence-electron chi connectivity index (χ0n) is 9.46. The molecule has 0 aliphatic carbocycles. The topological polar surface area (TPSA) is 95.9 Å². The number of methoxy groups -OCH3 is 1. The first kappa shape index (κ1) is 14.7. The lowest BCUT2D eigenvalue weighted by atomic mass is 10.3. The molecule has 0 radical (unpaired) electrons. The summed E-state index contributed by atoms with van der Waals surface area (Å²) in [5, 5.41) is 8.97. The van der Waals surface area contributed by atoms with E-state index < -0.39 is 22.2 Å². The van der Waals surface area contributed by atoms with Gasteiger partial charge in [-0.15, -0.1) is 0 Å². The van der Waals surface area contributed by atoms with Crippen LogP contribution in [0.4, 0.5) is 0 Å². The average molecular weight is 284 g/mol. The third-order valence-corrected chi connectivity index (χ3v) is 4.91. The van der Waals surface area contributed by atoms with Gasteiger partial charge < -0.3 is 9.84 Å². The van der Waals surface area contributed by atoms with Gasteiger partial charge in [0.2, 0.25) is 0 Å². The van der Waals surface area contributed by atoms with Crippen molar-refractivity contribution >= 4 is 27.9 Å². The van der Waals surface area contributed by atoms with Crippen LogP contribution in [0.15, 0.2) is 0 Å². The summed E-state index contributed by atoms with van der Waals surface area (Å²) >= 11 is 1.44. The molecular formula is C8H16N2O5S2. The first-order chi connectivity index (χ1) is 7.99. The normalized spacial score (nSPS) is 22.5. The molecule has 1 atom stereocenters. The van der Waals surface area contributed by atoms with Crippen LogP contribution in [0.25, 0.3) is 0 Å². The number of nitrogens with zero attached hydrogens (tertiary/aromatic N) is 1. The summed E-state index contributed by atoms with van der Waals surface area (Å²) < 4.78 is 31.8. The fourth-order valence-electron chi connectivity index (χ4n) is 1.43. The Balaban J connectivity index is 2.69. The van der Waals surface area contributed by atoms with Gasteiger partial charge in [-0.05, 0) is 0 Å². The summed E-state index contributed by atoms with van der Waals surface area (Å²) in [5.41, 5.74) is 0. The SMILES string of the molecule is COCCNS(=O)(=O)N1CCSCC1C(=O)O. The van der Waals surface area contributed by atoms with Crippen LogP contribution in [0.5, 0.6) is 0 Å². The molecule has 17 heavy (non-hydrogen) atoms. The minimum atomic E-state index is -3.74. The van der Waals surface area contributed by atoms with E-state index in [1.54, 1.807) is 0 Å². The van der Waals surface area contributed by atoms with Gasteiger partial charge in [-0.1, -0.05) is 0 Å². The average Bonchev–Trinajstić information content (AvgIpc) is 2.29. The molecular weight excluding hydrogens is 268 g/mol. The lowest BCUT2D eigenvalue weighted by molar-refractivity contribution is -0.140. The first-order valence-corrected chi connectivity index (χ1v) is 7.64. The minimum Gasteiger partial charge on any atom is -0.480 e. The number of carboxylic acid groups (broad SMARTS) is 1. The zero-order chi connectivity index (χ0) is 12.9. The molecule has 100 valence electrons. The van der Waals surface area contributed by atoms with Crippen LogP contribution in [-0.4, -0.2) is 68.2 Å². The second kappa shape index (κ2) is 6.55. The number of nitrogens with one attached hydrogen (secondary N) is 1. The summed E-state index contributed by atoms with van der Waals surface area (Å²) in [6.45, 7) is 0.596. The zero-order valence-corrected chi connectivity index (χ0v) is 11.1. The quantitative estimate of drug-likeness (QED) is 0.605. The van der Waals surface area contributed by atoms with Gasteiger partial charge in [-0.3, -0.25) is 4.79 Å². The Hall–Kier alpha value is -0.350. The summed E-state index contributed by atoms with van der Waals surface area (Å²) in [6.07, 6.45) is 0. The second-order valence-electron chi connectivity index (χ2n) is 3.43. The number of hydrogen-bond donors (Lipinski definition) is 2. The predicted octanol–water partition coefficient (Wildman–Crippen LogP) is -1.03. The Morgan fingerprint density at radius 1 is 1.65 bits per heavy atom. The van der Waals surface area contributed by atoms with Gasteiger partial charge in [0.1, 0.15) is 6.04 Å². The lowest BCUT2D eigenvalue weighted by Gasteiger charge is -2.31. The molecule has 7 nitrogen and oxygen atoms in total. The Bertz CT molecular complexity index is 359. The Morgan fingerprint density at radius 3 is 2.94 bits per heavy atom. The molecule has 2 N–H and O–H groups in total. The molecule has 1 aliphatic heterocycles. The van der Waals surface area contributed by atoms with Crippen LogP contribution < -0.4 is 4.72 Å². The van der Waals surface area contributed by atoms with E-state index in [0.29, 0.717) is 5.75 Å². The van der Waals surface area contributed by atoms with E-state index >= 15 is 0 Å². The first-order valence-electron chi connectivity index (χ1n) is 5.05. The second-order valence-corrected chi connectivity index (χ2v) is 6.29. The van der Waals surface area contributed by atoms with E-state index in [9.17, 15) is 13.2 Å². The van der Waals surface area contributed by atoms with Gasteiger partial charge >= 0.3 is 5.97 Å². The molecule has 0 bridgehead atoms. The van der Waals surface area contributed by atoms with E-state index in [4.69, 9.17) is 9.84 Å². The van der Waals surface area contributed by atoms with E-state index in [2.05, 4.69) is 4.72 Å². The third-order valence-electron chi connectivity index (χ3n) is 2.26. The van der Waals surface area contributed by atoms with Crippen LogP contribution in [0.1, 0.15) is 0 Å². The molecule has 0 spiro atoms. The summed E-state index contributed by atoms with van der Waals surface area (Å²) in [7, 11) is -2.28. The van der Waals surface area contributed by atoms with Crippen molar-refractivity contribution in [1.82, 2.24) is 9.03 Å². The van der Waals surface area contributed by atoms with Crippen LogP contribution in [0, 0.1) is 0 Å². The van der Waals surface area contributed by atoms with E-state index in [0.717, 1.165) is 4.31 Å².